The molecule has 2 heterocycles. The molecule has 1 amide bonds. The van der Waals surface area contributed by atoms with Crippen molar-refractivity contribution in [1.29, 1.82) is 0 Å². The van der Waals surface area contributed by atoms with E-state index in [1.807, 2.05) is 77.7 Å². The Kier molecular flexibility index (Phi) is 5.52. The number of hydrogen-bond donors (Lipinski definition) is 1. The van der Waals surface area contributed by atoms with Gasteiger partial charge in [0.05, 0.1) is 26.0 Å². The molecule has 0 saturated carbocycles. The van der Waals surface area contributed by atoms with Crippen LogP contribution in [-0.2, 0) is 6.54 Å². The van der Waals surface area contributed by atoms with E-state index >= 15 is 0 Å². The molecule has 1 atom stereocenters. The number of halogens is 1. The van der Waals surface area contributed by atoms with Gasteiger partial charge in [0.1, 0.15) is 17.2 Å². The van der Waals surface area contributed by atoms with Crippen LogP contribution in [0.3, 0.4) is 0 Å². The number of methoxy groups -OCH3 is 2. The predicted octanol–water partition coefficient (Wildman–Crippen LogP) is 5.49. The Bertz CT molecular complexity index is 1300. The highest BCUT2D eigenvalue weighted by Gasteiger charge is 2.43. The van der Waals surface area contributed by atoms with Gasteiger partial charge in [0.25, 0.3) is 5.91 Å². The van der Waals surface area contributed by atoms with Gasteiger partial charge in [0, 0.05) is 34.3 Å². The van der Waals surface area contributed by atoms with Gasteiger partial charge in [-0.1, -0.05) is 54.1 Å². The average molecular weight is 460 g/mol. The Balaban J connectivity index is 1.68. The zero-order valence-electron chi connectivity index (χ0n) is 18.2. The van der Waals surface area contributed by atoms with Gasteiger partial charge in [0.15, 0.2) is 0 Å². The summed E-state index contributed by atoms with van der Waals surface area (Å²) in [5, 5.41) is 8.14. The summed E-state index contributed by atoms with van der Waals surface area (Å²) in [5.41, 5.74) is 4.80. The molecule has 6 nitrogen and oxygen atoms in total. The van der Waals surface area contributed by atoms with E-state index in [0.717, 1.165) is 22.3 Å². The van der Waals surface area contributed by atoms with Gasteiger partial charge in [-0.15, -0.1) is 0 Å². The number of rotatable bonds is 6. The normalized spacial score (nSPS) is 14.9. The molecule has 1 aliphatic heterocycles. The van der Waals surface area contributed by atoms with E-state index in [2.05, 4.69) is 10.2 Å². The molecule has 0 fully saturated rings. The number of hydrogen-bond acceptors (Lipinski definition) is 4. The van der Waals surface area contributed by atoms with Gasteiger partial charge in [-0.2, -0.15) is 5.10 Å². The minimum absolute atomic E-state index is 0.107. The summed E-state index contributed by atoms with van der Waals surface area (Å²) in [6, 6.07) is 22.7. The topological polar surface area (TPSA) is 67.5 Å². The van der Waals surface area contributed by atoms with Crippen LogP contribution in [0.4, 0.5) is 0 Å². The number of aromatic nitrogens is 2. The van der Waals surface area contributed by atoms with Crippen molar-refractivity contribution in [3.63, 3.8) is 0 Å². The molecule has 3 aromatic carbocycles. The van der Waals surface area contributed by atoms with Crippen molar-refractivity contribution in [3.8, 4) is 22.8 Å². The summed E-state index contributed by atoms with van der Waals surface area (Å²) in [4.78, 5) is 15.4. The number of nitrogens with one attached hydrogen (secondary N) is 1. The monoisotopic (exact) mass is 459 g/mol. The fraction of sp³-hybridized carbons (Fsp3) is 0.154. The van der Waals surface area contributed by atoms with Crippen LogP contribution in [0.5, 0.6) is 11.5 Å². The summed E-state index contributed by atoms with van der Waals surface area (Å²) in [7, 11) is 3.23. The molecule has 7 heteroatoms. The first-order valence-electron chi connectivity index (χ1n) is 10.5. The fourth-order valence-electron chi connectivity index (χ4n) is 4.34. The molecule has 0 radical (unpaired) electrons. The van der Waals surface area contributed by atoms with Crippen molar-refractivity contribution in [3.05, 3.63) is 100 Å². The molecule has 1 aromatic heterocycles. The van der Waals surface area contributed by atoms with E-state index in [1.54, 1.807) is 14.2 Å². The number of carbonyl (C=O) groups is 1. The quantitative estimate of drug-likeness (QED) is 0.414. The third-order valence-electron chi connectivity index (χ3n) is 5.91. The number of benzene rings is 3. The Morgan fingerprint density at radius 1 is 1.00 bits per heavy atom. The number of aromatic amines is 1. The molecule has 0 aliphatic carbocycles. The van der Waals surface area contributed by atoms with Crippen LogP contribution in [0.15, 0.2) is 72.8 Å². The Hall–Kier alpha value is -3.77. The fourth-order valence-corrected chi connectivity index (χ4v) is 4.46. The number of nitrogens with zero attached hydrogens (tertiary/aromatic N) is 2. The summed E-state index contributed by atoms with van der Waals surface area (Å²) in [5.74, 6) is 1.21. The molecular formula is C26H22ClN3O3. The first-order valence-corrected chi connectivity index (χ1v) is 10.9. The van der Waals surface area contributed by atoms with Crippen LogP contribution in [-0.4, -0.2) is 35.2 Å². The SMILES string of the molecule is COc1ccc(C2c3c(-c4ccc(Cl)cc4)n[nH]c3C(=O)N2Cc2ccccc2)c(OC)c1. The third kappa shape index (κ3) is 3.72. The van der Waals surface area contributed by atoms with Crippen molar-refractivity contribution in [1.82, 2.24) is 15.1 Å². The lowest BCUT2D eigenvalue weighted by molar-refractivity contribution is 0.0728. The number of H-pyrrole nitrogens is 1. The second-order valence-corrected chi connectivity index (χ2v) is 8.23. The van der Waals surface area contributed by atoms with E-state index in [4.69, 9.17) is 21.1 Å². The second-order valence-electron chi connectivity index (χ2n) is 7.80. The number of amides is 1. The van der Waals surface area contributed by atoms with Crippen molar-refractivity contribution in [2.45, 2.75) is 12.6 Å². The van der Waals surface area contributed by atoms with Gasteiger partial charge < -0.3 is 14.4 Å². The molecule has 1 aliphatic rings. The molecule has 0 spiro atoms. The van der Waals surface area contributed by atoms with E-state index in [-0.39, 0.29) is 5.91 Å². The van der Waals surface area contributed by atoms with Crippen molar-refractivity contribution < 1.29 is 14.3 Å². The first-order chi connectivity index (χ1) is 16.1. The molecule has 1 unspecified atom stereocenters. The summed E-state index contributed by atoms with van der Waals surface area (Å²) >= 11 is 6.10. The molecular weight excluding hydrogens is 438 g/mol. The first kappa shape index (κ1) is 21.1. The lowest BCUT2D eigenvalue weighted by Gasteiger charge is -2.28. The second kappa shape index (κ2) is 8.64. The maximum atomic E-state index is 13.6. The largest absolute Gasteiger partial charge is 0.497 e. The third-order valence-corrected chi connectivity index (χ3v) is 6.16. The highest BCUT2D eigenvalue weighted by Crippen LogP contribution is 2.46. The predicted molar refractivity (Wildman–Crippen MR) is 127 cm³/mol. The maximum Gasteiger partial charge on any atom is 0.273 e. The maximum absolute atomic E-state index is 13.6. The van der Waals surface area contributed by atoms with E-state index < -0.39 is 6.04 Å². The molecule has 1 N–H and O–H groups in total. The summed E-state index contributed by atoms with van der Waals surface area (Å²) in [6.07, 6.45) is 0. The Morgan fingerprint density at radius 3 is 2.45 bits per heavy atom. The van der Waals surface area contributed by atoms with Crippen LogP contribution in [0.1, 0.15) is 33.2 Å². The summed E-state index contributed by atoms with van der Waals surface area (Å²) < 4.78 is 11.1. The van der Waals surface area contributed by atoms with E-state index in [9.17, 15) is 4.79 Å². The Labute approximate surface area is 196 Å². The smallest absolute Gasteiger partial charge is 0.273 e. The van der Waals surface area contributed by atoms with Crippen LogP contribution < -0.4 is 9.47 Å². The highest BCUT2D eigenvalue weighted by atomic mass is 35.5. The van der Waals surface area contributed by atoms with Gasteiger partial charge in [0.2, 0.25) is 0 Å². The zero-order chi connectivity index (χ0) is 22.9. The number of ether oxygens (including phenoxy) is 2. The minimum Gasteiger partial charge on any atom is -0.497 e. The molecule has 33 heavy (non-hydrogen) atoms. The standard InChI is InChI=1S/C26H22ClN3O3/c1-32-19-12-13-20(21(14-19)33-2)25-22-23(17-8-10-18(27)11-9-17)28-29-24(22)26(31)30(25)15-16-6-4-3-5-7-16/h3-14,25H,15H2,1-2H3,(H,28,29). The minimum atomic E-state index is -0.391. The molecule has 5 rings (SSSR count). The van der Waals surface area contributed by atoms with Crippen molar-refractivity contribution in [2.24, 2.45) is 0 Å². The number of carbonyl (C=O) groups excluding carboxylic acids is 1. The van der Waals surface area contributed by atoms with Gasteiger partial charge in [-0.3, -0.25) is 9.89 Å². The van der Waals surface area contributed by atoms with Crippen LogP contribution in [0.2, 0.25) is 5.02 Å². The van der Waals surface area contributed by atoms with Crippen molar-refractivity contribution >= 4 is 17.5 Å². The molecule has 0 saturated heterocycles. The van der Waals surface area contributed by atoms with Gasteiger partial charge >= 0.3 is 0 Å². The van der Waals surface area contributed by atoms with Crippen LogP contribution in [0, 0.1) is 0 Å². The zero-order valence-corrected chi connectivity index (χ0v) is 19.0. The summed E-state index contributed by atoms with van der Waals surface area (Å²) in [6.45, 7) is 0.447. The average Bonchev–Trinajstić information content (AvgIpc) is 3.39. The van der Waals surface area contributed by atoms with Crippen LogP contribution in [0.25, 0.3) is 11.3 Å². The van der Waals surface area contributed by atoms with Crippen molar-refractivity contribution in [2.75, 3.05) is 14.2 Å². The van der Waals surface area contributed by atoms with E-state index in [0.29, 0.717) is 34.5 Å². The van der Waals surface area contributed by atoms with E-state index in [1.165, 1.54) is 0 Å². The molecule has 4 aromatic rings. The number of fused-ring (bicyclic) bond motifs is 1. The highest BCUT2D eigenvalue weighted by molar-refractivity contribution is 6.30. The molecule has 0 bridgehead atoms. The lowest BCUT2D eigenvalue weighted by Crippen LogP contribution is -2.29. The van der Waals surface area contributed by atoms with Gasteiger partial charge in [-0.25, -0.2) is 0 Å². The van der Waals surface area contributed by atoms with Gasteiger partial charge in [-0.05, 0) is 29.8 Å². The molecule has 166 valence electrons. The van der Waals surface area contributed by atoms with Crippen LogP contribution >= 0.6 is 11.6 Å². The lowest BCUT2D eigenvalue weighted by atomic mass is 9.95. The Morgan fingerprint density at radius 2 is 1.76 bits per heavy atom.